The van der Waals surface area contributed by atoms with Gasteiger partial charge in [-0.1, -0.05) is 6.42 Å². The van der Waals surface area contributed by atoms with Crippen LogP contribution in [0.25, 0.3) is 11.5 Å². The second kappa shape index (κ2) is 8.53. The SMILES string of the molecule is N#Cc1nc(-c2ccc(S(=O)(=O)N3CCCCC3)cc2)oc1NC[C@@H]1CCCO1. The van der Waals surface area contributed by atoms with Crippen molar-refractivity contribution in [1.82, 2.24) is 9.29 Å². The second-order valence-corrected chi connectivity index (χ2v) is 9.25. The van der Waals surface area contributed by atoms with Crippen LogP contribution in [0, 0.1) is 11.3 Å². The summed E-state index contributed by atoms with van der Waals surface area (Å²) in [5.41, 5.74) is 0.785. The van der Waals surface area contributed by atoms with Gasteiger partial charge in [-0.25, -0.2) is 8.42 Å². The van der Waals surface area contributed by atoms with Crippen molar-refractivity contribution in [3.63, 3.8) is 0 Å². The molecule has 4 rings (SSSR count). The van der Waals surface area contributed by atoms with Gasteiger partial charge < -0.3 is 14.5 Å². The molecule has 1 atom stereocenters. The number of hydrogen-bond acceptors (Lipinski definition) is 7. The fourth-order valence-electron chi connectivity index (χ4n) is 3.67. The average Bonchev–Trinajstić information content (AvgIpc) is 3.42. The molecular weight excluding hydrogens is 392 g/mol. The molecule has 0 amide bonds. The number of piperidine rings is 1. The van der Waals surface area contributed by atoms with E-state index in [9.17, 15) is 13.7 Å². The van der Waals surface area contributed by atoms with Crippen molar-refractivity contribution in [2.24, 2.45) is 0 Å². The molecule has 9 heteroatoms. The largest absolute Gasteiger partial charge is 0.419 e. The Morgan fingerprint density at radius 3 is 2.59 bits per heavy atom. The minimum absolute atomic E-state index is 0.106. The molecule has 3 heterocycles. The fourth-order valence-corrected chi connectivity index (χ4v) is 5.19. The lowest BCUT2D eigenvalue weighted by Gasteiger charge is -2.25. The predicted octanol–water partition coefficient (Wildman–Crippen LogP) is 2.98. The van der Waals surface area contributed by atoms with Gasteiger partial charge in [-0.2, -0.15) is 14.6 Å². The second-order valence-electron chi connectivity index (χ2n) is 7.31. The highest BCUT2D eigenvalue weighted by Crippen LogP contribution is 2.28. The summed E-state index contributed by atoms with van der Waals surface area (Å²) < 4.78 is 38.4. The van der Waals surface area contributed by atoms with Crippen LogP contribution in [0.3, 0.4) is 0 Å². The van der Waals surface area contributed by atoms with Gasteiger partial charge in [-0.3, -0.25) is 0 Å². The minimum atomic E-state index is -3.48. The molecule has 154 valence electrons. The molecule has 1 N–H and O–H groups in total. The quantitative estimate of drug-likeness (QED) is 0.771. The Kier molecular flexibility index (Phi) is 5.85. The molecule has 0 spiro atoms. The van der Waals surface area contributed by atoms with Crippen molar-refractivity contribution in [1.29, 1.82) is 5.26 Å². The number of nitrogens with zero attached hydrogens (tertiary/aromatic N) is 3. The predicted molar refractivity (Wildman–Crippen MR) is 107 cm³/mol. The molecule has 2 aliphatic rings. The van der Waals surface area contributed by atoms with E-state index in [1.165, 1.54) is 4.31 Å². The van der Waals surface area contributed by atoms with Crippen LogP contribution >= 0.6 is 0 Å². The number of aromatic nitrogens is 1. The average molecular weight is 417 g/mol. The van der Waals surface area contributed by atoms with Gasteiger partial charge in [0.2, 0.25) is 27.5 Å². The molecule has 2 aliphatic heterocycles. The van der Waals surface area contributed by atoms with Gasteiger partial charge in [0.25, 0.3) is 0 Å². The van der Waals surface area contributed by atoms with Gasteiger partial charge in [0.15, 0.2) is 0 Å². The summed E-state index contributed by atoms with van der Waals surface area (Å²) >= 11 is 0. The first kappa shape index (κ1) is 19.9. The molecule has 0 saturated carbocycles. The van der Waals surface area contributed by atoms with Gasteiger partial charge >= 0.3 is 0 Å². The summed E-state index contributed by atoms with van der Waals surface area (Å²) in [4.78, 5) is 4.49. The molecule has 0 bridgehead atoms. The van der Waals surface area contributed by atoms with Crippen LogP contribution in [0.15, 0.2) is 33.6 Å². The molecule has 1 aromatic heterocycles. The maximum absolute atomic E-state index is 12.8. The number of sulfonamides is 1. The Balaban J connectivity index is 1.50. The Hall–Kier alpha value is -2.41. The zero-order chi connectivity index (χ0) is 20.3. The summed E-state index contributed by atoms with van der Waals surface area (Å²) in [6, 6.07) is 8.48. The summed E-state index contributed by atoms with van der Waals surface area (Å²) in [6.07, 6.45) is 4.97. The number of ether oxygens (including phenoxy) is 1. The summed E-state index contributed by atoms with van der Waals surface area (Å²) in [7, 11) is -3.48. The highest BCUT2D eigenvalue weighted by Gasteiger charge is 2.26. The van der Waals surface area contributed by atoms with Crippen molar-refractivity contribution in [3.05, 3.63) is 30.0 Å². The standard InChI is InChI=1S/C20H24N4O4S/c21-13-18-20(22-14-16-5-4-12-27-16)28-19(23-18)15-6-8-17(9-7-15)29(25,26)24-10-2-1-3-11-24/h6-9,16,22H,1-5,10-12,14H2/t16-/m0/s1. The van der Waals surface area contributed by atoms with Crippen molar-refractivity contribution >= 4 is 15.9 Å². The normalized spacial score (nSPS) is 20.4. The number of rotatable bonds is 6. The highest BCUT2D eigenvalue weighted by atomic mass is 32.2. The van der Waals surface area contributed by atoms with Crippen molar-refractivity contribution in [3.8, 4) is 17.5 Å². The number of hydrogen-bond donors (Lipinski definition) is 1. The maximum atomic E-state index is 12.8. The van der Waals surface area contributed by atoms with Crippen molar-refractivity contribution in [2.75, 3.05) is 31.6 Å². The van der Waals surface area contributed by atoms with Crippen LogP contribution in [-0.4, -0.2) is 50.1 Å². The van der Waals surface area contributed by atoms with Crippen LogP contribution in [0.1, 0.15) is 37.8 Å². The molecule has 1 aromatic carbocycles. The lowest BCUT2D eigenvalue weighted by atomic mass is 10.2. The highest BCUT2D eigenvalue weighted by molar-refractivity contribution is 7.89. The van der Waals surface area contributed by atoms with Crippen LogP contribution in [0.2, 0.25) is 0 Å². The molecule has 8 nitrogen and oxygen atoms in total. The maximum Gasteiger partial charge on any atom is 0.243 e. The monoisotopic (exact) mass is 416 g/mol. The third kappa shape index (κ3) is 4.29. The van der Waals surface area contributed by atoms with Crippen LogP contribution in [-0.2, 0) is 14.8 Å². The fraction of sp³-hybridized carbons (Fsp3) is 0.500. The number of anilines is 1. The van der Waals surface area contributed by atoms with Gasteiger partial charge in [0.05, 0.1) is 11.0 Å². The molecule has 29 heavy (non-hydrogen) atoms. The molecule has 2 fully saturated rings. The zero-order valence-electron chi connectivity index (χ0n) is 16.1. The van der Waals surface area contributed by atoms with E-state index in [1.807, 2.05) is 6.07 Å². The Bertz CT molecular complexity index is 982. The van der Waals surface area contributed by atoms with E-state index in [1.54, 1.807) is 24.3 Å². The number of benzene rings is 1. The third-order valence-corrected chi connectivity index (χ3v) is 7.21. The number of oxazole rings is 1. The van der Waals surface area contributed by atoms with Crippen LogP contribution in [0.5, 0.6) is 0 Å². The van der Waals surface area contributed by atoms with Crippen LogP contribution < -0.4 is 5.32 Å². The Labute approximate surface area is 170 Å². The molecule has 0 unspecified atom stereocenters. The molecule has 0 aliphatic carbocycles. The first-order valence-corrected chi connectivity index (χ1v) is 11.4. The van der Waals surface area contributed by atoms with Gasteiger partial charge in [-0.05, 0) is 49.9 Å². The lowest BCUT2D eigenvalue weighted by molar-refractivity contribution is 0.120. The van der Waals surface area contributed by atoms with E-state index >= 15 is 0 Å². The third-order valence-electron chi connectivity index (χ3n) is 5.30. The topological polar surface area (TPSA) is 108 Å². The van der Waals surface area contributed by atoms with Crippen LogP contribution in [0.4, 0.5) is 5.88 Å². The Morgan fingerprint density at radius 2 is 1.93 bits per heavy atom. The van der Waals surface area contributed by atoms with Crippen molar-refractivity contribution < 1.29 is 17.6 Å². The van der Waals surface area contributed by atoms with Crippen molar-refractivity contribution in [2.45, 2.75) is 43.1 Å². The first-order valence-electron chi connectivity index (χ1n) is 9.95. The van der Waals surface area contributed by atoms with E-state index in [4.69, 9.17) is 9.15 Å². The lowest BCUT2D eigenvalue weighted by Crippen LogP contribution is -2.35. The van der Waals surface area contributed by atoms with E-state index in [0.717, 1.165) is 38.7 Å². The van der Waals surface area contributed by atoms with E-state index in [-0.39, 0.29) is 22.6 Å². The van der Waals surface area contributed by atoms with E-state index < -0.39 is 10.0 Å². The first-order chi connectivity index (χ1) is 14.1. The van der Waals surface area contributed by atoms with E-state index in [0.29, 0.717) is 31.1 Å². The summed E-state index contributed by atoms with van der Waals surface area (Å²) in [5, 5.41) is 12.4. The van der Waals surface area contributed by atoms with Gasteiger partial charge in [0, 0.05) is 31.8 Å². The smallest absolute Gasteiger partial charge is 0.243 e. The zero-order valence-corrected chi connectivity index (χ0v) is 17.0. The van der Waals surface area contributed by atoms with E-state index in [2.05, 4.69) is 10.3 Å². The molecule has 0 radical (unpaired) electrons. The minimum Gasteiger partial charge on any atom is -0.419 e. The molecule has 2 saturated heterocycles. The summed E-state index contributed by atoms with van der Waals surface area (Å²) in [5.74, 6) is 0.585. The van der Waals surface area contributed by atoms with Gasteiger partial charge in [0.1, 0.15) is 6.07 Å². The summed E-state index contributed by atoms with van der Waals surface area (Å²) in [6.45, 7) is 2.44. The molecule has 2 aromatic rings. The molecular formula is C20H24N4O4S. The number of nitriles is 1. The van der Waals surface area contributed by atoms with Gasteiger partial charge in [-0.15, -0.1) is 0 Å². The number of nitrogens with one attached hydrogen (secondary N) is 1. The Morgan fingerprint density at radius 1 is 1.17 bits per heavy atom.